The van der Waals surface area contributed by atoms with Gasteiger partial charge in [-0.2, -0.15) is 8.42 Å². The molecule has 2 aromatic rings. The van der Waals surface area contributed by atoms with E-state index in [1.807, 2.05) is 6.92 Å². The van der Waals surface area contributed by atoms with Crippen LogP contribution in [0.2, 0.25) is 5.15 Å². The molecule has 0 amide bonds. The minimum absolute atomic E-state index is 0.0506. The Labute approximate surface area is 110 Å². The zero-order chi connectivity index (χ0) is 13.3. The van der Waals surface area contributed by atoms with Gasteiger partial charge in [0.25, 0.3) is 10.0 Å². The van der Waals surface area contributed by atoms with Gasteiger partial charge in [0, 0.05) is 13.2 Å². The van der Waals surface area contributed by atoms with Crippen LogP contribution in [0, 0.1) is 6.92 Å². The van der Waals surface area contributed by atoms with Crippen molar-refractivity contribution >= 4 is 27.4 Å². The summed E-state index contributed by atoms with van der Waals surface area (Å²) in [5.74, 6) is 0.224. The number of hydrogen-bond donors (Lipinski definition) is 1. The number of rotatable bonds is 3. The van der Waals surface area contributed by atoms with Crippen LogP contribution in [0.25, 0.3) is 0 Å². The fourth-order valence-electron chi connectivity index (χ4n) is 1.29. The monoisotopic (exact) mass is 286 g/mol. The van der Waals surface area contributed by atoms with E-state index >= 15 is 0 Å². The van der Waals surface area contributed by atoms with Crippen molar-refractivity contribution in [2.75, 3.05) is 4.72 Å². The number of halogens is 1. The summed E-state index contributed by atoms with van der Waals surface area (Å²) >= 11 is 5.85. The largest absolute Gasteiger partial charge is 0.324 e. The van der Waals surface area contributed by atoms with Gasteiger partial charge in [-0.1, -0.05) is 17.7 Å². The molecule has 0 bridgehead atoms. The van der Waals surface area contributed by atoms with Gasteiger partial charge < -0.3 is 4.57 Å². The minimum Gasteiger partial charge on any atom is -0.324 e. The zero-order valence-corrected chi connectivity index (χ0v) is 11.3. The first-order valence-corrected chi connectivity index (χ1v) is 6.88. The smallest absolute Gasteiger partial charge is 0.283 e. The lowest BCUT2D eigenvalue weighted by Gasteiger charge is -2.05. The van der Waals surface area contributed by atoms with Crippen molar-refractivity contribution in [1.29, 1.82) is 0 Å². The van der Waals surface area contributed by atoms with E-state index < -0.39 is 10.0 Å². The Hall–Kier alpha value is -1.60. The quantitative estimate of drug-likeness (QED) is 0.929. The first-order chi connectivity index (χ1) is 8.40. The van der Waals surface area contributed by atoms with Gasteiger partial charge in [-0.05, 0) is 18.6 Å². The predicted octanol–water partition coefficient (Wildman–Crippen LogP) is 1.58. The van der Waals surface area contributed by atoms with Gasteiger partial charge in [0.2, 0.25) is 5.03 Å². The molecule has 0 spiro atoms. The maximum atomic E-state index is 12.0. The van der Waals surface area contributed by atoms with Crippen LogP contribution in [0.3, 0.4) is 0 Å². The molecular weight excluding hydrogens is 276 g/mol. The topological polar surface area (TPSA) is 76.9 Å². The first kappa shape index (κ1) is 12.8. The van der Waals surface area contributed by atoms with E-state index in [1.165, 1.54) is 10.9 Å². The molecule has 0 radical (unpaired) electrons. The Morgan fingerprint density at radius 1 is 1.33 bits per heavy atom. The highest BCUT2D eigenvalue weighted by atomic mass is 35.5. The van der Waals surface area contributed by atoms with Crippen LogP contribution in [-0.4, -0.2) is 23.0 Å². The second kappa shape index (κ2) is 4.58. The molecule has 2 aromatic heterocycles. The van der Waals surface area contributed by atoms with Gasteiger partial charge in [-0.3, -0.25) is 4.72 Å². The highest BCUT2D eigenvalue weighted by molar-refractivity contribution is 7.92. The summed E-state index contributed by atoms with van der Waals surface area (Å²) in [6.45, 7) is 1.86. The van der Waals surface area contributed by atoms with Crippen LogP contribution in [0.5, 0.6) is 0 Å². The van der Waals surface area contributed by atoms with Crippen molar-refractivity contribution in [3.8, 4) is 0 Å². The third-order valence-electron chi connectivity index (χ3n) is 2.24. The van der Waals surface area contributed by atoms with Gasteiger partial charge in [0.1, 0.15) is 11.0 Å². The number of nitrogens with one attached hydrogen (secondary N) is 1. The van der Waals surface area contributed by atoms with Gasteiger partial charge in [0.05, 0.1) is 6.33 Å². The number of anilines is 1. The third kappa shape index (κ3) is 2.46. The van der Waals surface area contributed by atoms with Crippen LogP contribution in [0.4, 0.5) is 5.82 Å². The van der Waals surface area contributed by atoms with Crippen LogP contribution >= 0.6 is 11.6 Å². The van der Waals surface area contributed by atoms with E-state index in [0.717, 1.165) is 5.56 Å². The molecule has 2 heterocycles. The Bertz CT molecular complexity index is 664. The summed E-state index contributed by atoms with van der Waals surface area (Å²) in [4.78, 5) is 7.71. The number of sulfonamides is 1. The van der Waals surface area contributed by atoms with Crippen LogP contribution < -0.4 is 4.72 Å². The number of aryl methyl sites for hydroxylation is 2. The normalized spacial score (nSPS) is 11.5. The molecule has 6 nitrogen and oxygen atoms in total. The van der Waals surface area contributed by atoms with E-state index in [1.54, 1.807) is 25.4 Å². The molecule has 0 unspecified atom stereocenters. The molecule has 0 aliphatic heterocycles. The average molecular weight is 287 g/mol. The summed E-state index contributed by atoms with van der Waals surface area (Å²) in [5, 5.41) is -0.163. The summed E-state index contributed by atoms with van der Waals surface area (Å²) in [6, 6.07) is 3.33. The maximum Gasteiger partial charge on any atom is 0.283 e. The molecule has 96 valence electrons. The second-order valence-electron chi connectivity index (χ2n) is 3.78. The average Bonchev–Trinajstić information content (AvgIpc) is 2.63. The first-order valence-electron chi connectivity index (χ1n) is 5.02. The Balaban J connectivity index is 2.33. The van der Waals surface area contributed by atoms with E-state index in [0.29, 0.717) is 0 Å². The van der Waals surface area contributed by atoms with Crippen LogP contribution in [0.15, 0.2) is 29.7 Å². The Kier molecular flexibility index (Phi) is 3.27. The highest BCUT2D eigenvalue weighted by Crippen LogP contribution is 2.20. The standard InChI is InChI=1S/C10H11ClN4O2S/c1-7-3-4-8(12-5-7)14-18(16,17)10-9(11)15(2)6-13-10/h3-6H,1-2H3,(H,12,14). The molecule has 0 atom stereocenters. The van der Waals surface area contributed by atoms with Crippen molar-refractivity contribution < 1.29 is 8.42 Å². The van der Waals surface area contributed by atoms with E-state index in [4.69, 9.17) is 11.6 Å². The fourth-order valence-corrected chi connectivity index (χ4v) is 2.73. The molecule has 0 saturated carbocycles. The summed E-state index contributed by atoms with van der Waals surface area (Å²) < 4.78 is 27.8. The lowest BCUT2D eigenvalue weighted by Crippen LogP contribution is -2.15. The molecule has 18 heavy (non-hydrogen) atoms. The lowest BCUT2D eigenvalue weighted by molar-refractivity contribution is 0.598. The van der Waals surface area contributed by atoms with E-state index in [-0.39, 0.29) is 16.0 Å². The number of aromatic nitrogens is 3. The molecule has 0 fully saturated rings. The number of imidazole rings is 1. The molecule has 0 aliphatic rings. The van der Waals surface area contributed by atoms with Gasteiger partial charge in [-0.15, -0.1) is 0 Å². The number of hydrogen-bond acceptors (Lipinski definition) is 4. The van der Waals surface area contributed by atoms with Crippen molar-refractivity contribution in [2.24, 2.45) is 7.05 Å². The summed E-state index contributed by atoms with van der Waals surface area (Å²) in [5.41, 5.74) is 0.939. The van der Waals surface area contributed by atoms with Crippen molar-refractivity contribution in [2.45, 2.75) is 11.9 Å². The fraction of sp³-hybridized carbons (Fsp3) is 0.200. The van der Waals surface area contributed by atoms with Gasteiger partial charge in [0.15, 0.2) is 0 Å². The minimum atomic E-state index is -3.81. The molecule has 0 saturated heterocycles. The SMILES string of the molecule is Cc1ccc(NS(=O)(=O)c2ncn(C)c2Cl)nc1. The van der Waals surface area contributed by atoms with Crippen molar-refractivity contribution in [3.63, 3.8) is 0 Å². The molecule has 1 N–H and O–H groups in total. The van der Waals surface area contributed by atoms with Crippen LogP contribution in [0.1, 0.15) is 5.56 Å². The molecular formula is C10H11ClN4O2S. The molecule has 2 rings (SSSR count). The summed E-state index contributed by atoms with van der Waals surface area (Å²) in [7, 11) is -2.20. The molecule has 0 aliphatic carbocycles. The Morgan fingerprint density at radius 3 is 2.56 bits per heavy atom. The predicted molar refractivity (Wildman–Crippen MR) is 68.0 cm³/mol. The second-order valence-corrected chi connectivity index (χ2v) is 5.73. The van der Waals surface area contributed by atoms with Crippen LogP contribution in [-0.2, 0) is 17.1 Å². The van der Waals surface area contributed by atoms with Gasteiger partial charge in [-0.25, -0.2) is 9.97 Å². The van der Waals surface area contributed by atoms with E-state index in [9.17, 15) is 8.42 Å². The maximum absolute atomic E-state index is 12.0. The van der Waals surface area contributed by atoms with Crippen molar-refractivity contribution in [3.05, 3.63) is 35.4 Å². The molecule has 8 heteroatoms. The highest BCUT2D eigenvalue weighted by Gasteiger charge is 2.22. The Morgan fingerprint density at radius 2 is 2.06 bits per heavy atom. The van der Waals surface area contributed by atoms with E-state index in [2.05, 4.69) is 14.7 Å². The molecule has 0 aromatic carbocycles. The van der Waals surface area contributed by atoms with Crippen molar-refractivity contribution in [1.82, 2.24) is 14.5 Å². The van der Waals surface area contributed by atoms with Gasteiger partial charge >= 0.3 is 0 Å². The number of pyridine rings is 1. The lowest BCUT2D eigenvalue weighted by atomic mass is 10.3. The summed E-state index contributed by atoms with van der Waals surface area (Å²) in [6.07, 6.45) is 2.90. The zero-order valence-electron chi connectivity index (χ0n) is 9.75. The number of nitrogens with zero attached hydrogens (tertiary/aromatic N) is 3. The third-order valence-corrected chi connectivity index (χ3v) is 4.08.